The molecule has 0 aliphatic heterocycles. The molecule has 8 nitrogen and oxygen atoms in total. The number of halogens is 4. The molecule has 0 saturated heterocycles. The van der Waals surface area contributed by atoms with Crippen molar-refractivity contribution in [3.8, 4) is 5.75 Å². The van der Waals surface area contributed by atoms with E-state index in [4.69, 9.17) is 9.47 Å². The van der Waals surface area contributed by atoms with Crippen molar-refractivity contribution in [1.82, 2.24) is 20.0 Å². The summed E-state index contributed by atoms with van der Waals surface area (Å²) in [6.07, 6.45) is 2.02. The Hall–Kier alpha value is -4.61. The third kappa shape index (κ3) is 6.68. The number of imidazole rings is 1. The third-order valence-corrected chi connectivity index (χ3v) is 5.67. The van der Waals surface area contributed by atoms with Gasteiger partial charge in [0.15, 0.2) is 23.0 Å². The van der Waals surface area contributed by atoms with E-state index in [0.29, 0.717) is 0 Å². The van der Waals surface area contributed by atoms with Gasteiger partial charge in [0.05, 0.1) is 17.8 Å². The highest BCUT2D eigenvalue weighted by atomic mass is 19.2. The van der Waals surface area contributed by atoms with Crippen LogP contribution in [0.2, 0.25) is 0 Å². The number of alkyl carbamates (subject to hydrolysis) is 1. The van der Waals surface area contributed by atoms with Gasteiger partial charge in [0, 0.05) is 12.7 Å². The van der Waals surface area contributed by atoms with E-state index < -0.39 is 53.5 Å². The molecular weight excluding hydrogens is 532 g/mol. The second-order valence-corrected chi connectivity index (χ2v) is 9.78. The monoisotopic (exact) mass is 558 g/mol. The first kappa shape index (κ1) is 28.4. The lowest BCUT2D eigenvalue weighted by atomic mass is 10.1. The van der Waals surface area contributed by atoms with Crippen LogP contribution in [-0.2, 0) is 11.3 Å². The van der Waals surface area contributed by atoms with Crippen LogP contribution in [0.1, 0.15) is 48.4 Å². The normalized spacial score (nSPS) is 12.2. The maximum Gasteiger partial charge on any atom is 0.407 e. The Morgan fingerprint density at radius 1 is 0.975 bits per heavy atom. The van der Waals surface area contributed by atoms with Crippen molar-refractivity contribution >= 4 is 17.6 Å². The summed E-state index contributed by atoms with van der Waals surface area (Å²) in [6.45, 7) is 4.41. The summed E-state index contributed by atoms with van der Waals surface area (Å²) in [6, 6.07) is 8.67. The molecule has 1 atom stereocenters. The first-order valence-electron chi connectivity index (χ1n) is 12.2. The van der Waals surface area contributed by atoms with Crippen molar-refractivity contribution < 1.29 is 36.6 Å². The van der Waals surface area contributed by atoms with Crippen molar-refractivity contribution in [2.75, 3.05) is 6.54 Å². The van der Waals surface area contributed by atoms with E-state index in [1.165, 1.54) is 35.0 Å². The number of hydrogen-bond acceptors (Lipinski definition) is 5. The van der Waals surface area contributed by atoms with Crippen LogP contribution in [0.15, 0.2) is 60.9 Å². The van der Waals surface area contributed by atoms with Gasteiger partial charge in [0.1, 0.15) is 29.5 Å². The molecule has 2 aromatic heterocycles. The fraction of sp³-hybridized carbons (Fsp3) is 0.250. The average molecular weight is 559 g/mol. The summed E-state index contributed by atoms with van der Waals surface area (Å²) in [7, 11) is 0. The van der Waals surface area contributed by atoms with E-state index in [2.05, 4.69) is 15.6 Å². The Morgan fingerprint density at radius 2 is 1.70 bits per heavy atom. The van der Waals surface area contributed by atoms with Gasteiger partial charge in [-0.2, -0.15) is 0 Å². The third-order valence-electron chi connectivity index (χ3n) is 5.67. The lowest BCUT2D eigenvalue weighted by Crippen LogP contribution is -2.40. The molecular formula is C28H26F4N4O4. The van der Waals surface area contributed by atoms with Crippen LogP contribution >= 0.6 is 0 Å². The lowest BCUT2D eigenvalue weighted by Gasteiger charge is -2.23. The van der Waals surface area contributed by atoms with Gasteiger partial charge >= 0.3 is 6.09 Å². The van der Waals surface area contributed by atoms with Crippen LogP contribution < -0.4 is 15.4 Å². The number of pyridine rings is 1. The number of rotatable bonds is 8. The van der Waals surface area contributed by atoms with E-state index in [-0.39, 0.29) is 34.8 Å². The first-order chi connectivity index (χ1) is 18.9. The van der Waals surface area contributed by atoms with Gasteiger partial charge in [-0.25, -0.2) is 27.3 Å². The van der Waals surface area contributed by atoms with E-state index in [9.17, 15) is 27.2 Å². The number of benzene rings is 2. The number of aromatic nitrogens is 2. The average Bonchev–Trinajstić information content (AvgIpc) is 3.32. The smallest absolute Gasteiger partial charge is 0.407 e. The minimum Gasteiger partial charge on any atom is -0.485 e. The molecule has 0 aliphatic rings. The highest BCUT2D eigenvalue weighted by Gasteiger charge is 2.23. The van der Waals surface area contributed by atoms with E-state index in [0.717, 1.165) is 24.3 Å². The van der Waals surface area contributed by atoms with Gasteiger partial charge < -0.3 is 20.1 Å². The van der Waals surface area contributed by atoms with Crippen LogP contribution in [0.3, 0.4) is 0 Å². The molecule has 1 unspecified atom stereocenters. The van der Waals surface area contributed by atoms with Crippen molar-refractivity contribution in [3.63, 3.8) is 0 Å². The molecule has 210 valence electrons. The molecule has 2 heterocycles. The Bertz CT molecular complexity index is 1530. The second kappa shape index (κ2) is 11.6. The number of ether oxygens (including phenoxy) is 2. The van der Waals surface area contributed by atoms with Gasteiger partial charge in [-0.05, 0) is 62.7 Å². The van der Waals surface area contributed by atoms with Crippen LogP contribution in [0.5, 0.6) is 5.75 Å². The molecule has 12 heteroatoms. The fourth-order valence-electron chi connectivity index (χ4n) is 3.80. The van der Waals surface area contributed by atoms with Gasteiger partial charge in [-0.15, -0.1) is 0 Å². The van der Waals surface area contributed by atoms with E-state index in [1.807, 2.05) is 0 Å². The SMILES string of the molecule is CC(C)(C)OC(=O)NCC(NC(=O)c1cnc2c(OCc3c(F)cccc3F)cccn12)c1ccc(F)c(F)c1. The molecule has 40 heavy (non-hydrogen) atoms. The molecule has 2 N–H and O–H groups in total. The minimum absolute atomic E-state index is 0.0439. The van der Waals surface area contributed by atoms with Gasteiger partial charge in [0.25, 0.3) is 5.91 Å². The molecule has 0 aliphatic carbocycles. The largest absolute Gasteiger partial charge is 0.485 e. The maximum absolute atomic E-state index is 14.0. The number of amides is 2. The van der Waals surface area contributed by atoms with Gasteiger partial charge in [-0.3, -0.25) is 9.20 Å². The minimum atomic E-state index is -1.13. The zero-order valence-electron chi connectivity index (χ0n) is 21.8. The van der Waals surface area contributed by atoms with E-state index in [1.54, 1.807) is 26.8 Å². The fourth-order valence-corrected chi connectivity index (χ4v) is 3.80. The molecule has 4 aromatic rings. The van der Waals surface area contributed by atoms with Crippen LogP contribution in [0.4, 0.5) is 22.4 Å². The summed E-state index contributed by atoms with van der Waals surface area (Å²) in [5.74, 6) is -4.23. The van der Waals surface area contributed by atoms with Crippen LogP contribution in [0.25, 0.3) is 5.65 Å². The molecule has 0 fully saturated rings. The van der Waals surface area contributed by atoms with Crippen molar-refractivity contribution in [1.29, 1.82) is 0 Å². The second-order valence-electron chi connectivity index (χ2n) is 9.78. The Kier molecular flexibility index (Phi) is 8.26. The first-order valence-corrected chi connectivity index (χ1v) is 12.2. The zero-order valence-corrected chi connectivity index (χ0v) is 21.8. The highest BCUT2D eigenvalue weighted by Crippen LogP contribution is 2.23. The number of nitrogens with one attached hydrogen (secondary N) is 2. The quantitative estimate of drug-likeness (QED) is 0.280. The standard InChI is InChI=1S/C28H26F4N4O4/c1-28(2,3)40-27(38)34-13-22(16-9-10-20(31)21(32)12-16)35-26(37)23-14-33-25-24(8-5-11-36(23)25)39-15-17-18(29)6-4-7-19(17)30/h4-12,14,22H,13,15H2,1-3H3,(H,34,38)(H,35,37). The maximum atomic E-state index is 14.0. The molecule has 2 aromatic carbocycles. The molecule has 2 amide bonds. The summed E-state index contributed by atoms with van der Waals surface area (Å²) in [5.41, 5.74) is -0.615. The number of carbonyl (C=O) groups excluding carboxylic acids is 2. The van der Waals surface area contributed by atoms with Crippen LogP contribution in [0, 0.1) is 23.3 Å². The predicted octanol–water partition coefficient (Wildman–Crippen LogP) is 5.47. The Balaban J connectivity index is 1.56. The number of carbonyl (C=O) groups is 2. The van der Waals surface area contributed by atoms with E-state index >= 15 is 0 Å². The Labute approximate surface area is 226 Å². The van der Waals surface area contributed by atoms with Crippen LogP contribution in [-0.4, -0.2) is 33.5 Å². The molecule has 0 saturated carbocycles. The Morgan fingerprint density at radius 3 is 2.38 bits per heavy atom. The topological polar surface area (TPSA) is 94.0 Å². The molecule has 0 bridgehead atoms. The molecule has 0 radical (unpaired) electrons. The predicted molar refractivity (Wildman–Crippen MR) is 137 cm³/mol. The number of hydrogen-bond donors (Lipinski definition) is 2. The zero-order chi connectivity index (χ0) is 29.0. The van der Waals surface area contributed by atoms with Crippen molar-refractivity contribution in [2.24, 2.45) is 0 Å². The highest BCUT2D eigenvalue weighted by molar-refractivity contribution is 5.93. The molecule has 0 spiro atoms. The van der Waals surface area contributed by atoms with Crippen molar-refractivity contribution in [2.45, 2.75) is 39.0 Å². The summed E-state index contributed by atoms with van der Waals surface area (Å²) in [4.78, 5) is 29.7. The number of nitrogens with zero attached hydrogens (tertiary/aromatic N) is 2. The van der Waals surface area contributed by atoms with Crippen molar-refractivity contribution in [3.05, 3.63) is 101 Å². The summed E-state index contributed by atoms with van der Waals surface area (Å²) < 4.78 is 67.8. The lowest BCUT2D eigenvalue weighted by molar-refractivity contribution is 0.0519. The van der Waals surface area contributed by atoms with Gasteiger partial charge in [-0.1, -0.05) is 12.1 Å². The number of fused-ring (bicyclic) bond motifs is 1. The van der Waals surface area contributed by atoms with Gasteiger partial charge in [0.2, 0.25) is 0 Å². The summed E-state index contributed by atoms with van der Waals surface area (Å²) >= 11 is 0. The summed E-state index contributed by atoms with van der Waals surface area (Å²) in [5, 5.41) is 5.20. The molecule has 4 rings (SSSR count).